The molecule has 0 saturated carbocycles. The molecule has 0 radical (unpaired) electrons. The Morgan fingerprint density at radius 3 is 1.82 bits per heavy atom. The van der Waals surface area contributed by atoms with Crippen LogP contribution < -0.4 is 0 Å². The summed E-state index contributed by atoms with van der Waals surface area (Å²) in [6.07, 6.45) is 12.4. The number of halogens is 3. The van der Waals surface area contributed by atoms with E-state index in [-0.39, 0.29) is 4.16 Å². The molecule has 1 unspecified atom stereocenters. The minimum absolute atomic E-state index is 0.0768. The summed E-state index contributed by atoms with van der Waals surface area (Å²) in [4.78, 5) is 0. The van der Waals surface area contributed by atoms with E-state index in [0.717, 1.165) is 12.8 Å². The van der Waals surface area contributed by atoms with Gasteiger partial charge in [-0.05, 0) is 6.42 Å². The Morgan fingerprint density at radius 1 is 0.882 bits per heavy atom. The molecule has 0 amide bonds. The van der Waals surface area contributed by atoms with Gasteiger partial charge in [-0.2, -0.15) is 8.78 Å². The molecule has 104 valence electrons. The summed E-state index contributed by atoms with van der Waals surface area (Å²) in [5, 5.41) is 0. The SMILES string of the molecule is CCCCCCCCCCCC(Br)SC(F)F. The zero-order valence-electron chi connectivity index (χ0n) is 10.8. The van der Waals surface area contributed by atoms with E-state index >= 15 is 0 Å². The highest BCUT2D eigenvalue weighted by Crippen LogP contribution is 2.28. The molecule has 0 fully saturated rings. The van der Waals surface area contributed by atoms with E-state index in [2.05, 4.69) is 22.9 Å². The quantitative estimate of drug-likeness (QED) is 0.287. The minimum Gasteiger partial charge on any atom is -0.198 e. The fourth-order valence-electron chi connectivity index (χ4n) is 1.80. The van der Waals surface area contributed by atoms with Crippen LogP contribution in [-0.4, -0.2) is 9.92 Å². The minimum atomic E-state index is -2.25. The lowest BCUT2D eigenvalue weighted by Gasteiger charge is -2.08. The highest BCUT2D eigenvalue weighted by molar-refractivity contribution is 9.11. The van der Waals surface area contributed by atoms with Crippen LogP contribution in [0.15, 0.2) is 0 Å². The van der Waals surface area contributed by atoms with Gasteiger partial charge in [0.25, 0.3) is 5.76 Å². The normalized spacial score (nSPS) is 13.2. The van der Waals surface area contributed by atoms with Crippen LogP contribution in [0.3, 0.4) is 0 Å². The zero-order chi connectivity index (χ0) is 12.9. The van der Waals surface area contributed by atoms with Crippen LogP contribution in [0.5, 0.6) is 0 Å². The Kier molecular flexibility index (Phi) is 13.7. The summed E-state index contributed by atoms with van der Waals surface area (Å²) >= 11 is 3.99. The average molecular weight is 331 g/mol. The monoisotopic (exact) mass is 330 g/mol. The molecule has 0 aromatic rings. The Bertz CT molecular complexity index is 156. The molecule has 0 N–H and O–H groups in total. The number of thioether (sulfide) groups is 1. The van der Waals surface area contributed by atoms with Crippen molar-refractivity contribution in [2.75, 3.05) is 0 Å². The molecule has 0 aliphatic carbocycles. The topological polar surface area (TPSA) is 0 Å². The summed E-state index contributed by atoms with van der Waals surface area (Å²) in [6.45, 7) is 2.23. The van der Waals surface area contributed by atoms with E-state index < -0.39 is 5.76 Å². The van der Waals surface area contributed by atoms with Crippen LogP contribution in [0.4, 0.5) is 8.78 Å². The highest BCUT2D eigenvalue weighted by atomic mass is 79.9. The van der Waals surface area contributed by atoms with E-state index in [1.54, 1.807) is 0 Å². The highest BCUT2D eigenvalue weighted by Gasteiger charge is 2.11. The van der Waals surface area contributed by atoms with E-state index in [1.165, 1.54) is 51.4 Å². The Labute approximate surface area is 117 Å². The summed E-state index contributed by atoms with van der Waals surface area (Å²) in [7, 11) is 0. The molecule has 17 heavy (non-hydrogen) atoms. The molecule has 0 saturated heterocycles. The number of alkyl halides is 3. The van der Waals surface area contributed by atoms with Gasteiger partial charge in [0, 0.05) is 0 Å². The predicted molar refractivity (Wildman–Crippen MR) is 78.2 cm³/mol. The molecular weight excluding hydrogens is 306 g/mol. The standard InChI is InChI=1S/C13H25BrF2S/c1-2-3-4-5-6-7-8-9-10-11-12(14)17-13(15)16/h12-13H,2-11H2,1H3. The van der Waals surface area contributed by atoms with Crippen LogP contribution >= 0.6 is 27.7 Å². The van der Waals surface area contributed by atoms with Gasteiger partial charge in [-0.15, -0.1) is 0 Å². The maximum absolute atomic E-state index is 12.0. The number of hydrogen-bond donors (Lipinski definition) is 0. The van der Waals surface area contributed by atoms with Gasteiger partial charge in [0.1, 0.15) is 0 Å². The predicted octanol–water partition coefficient (Wildman–Crippen LogP) is 6.58. The van der Waals surface area contributed by atoms with Crippen molar-refractivity contribution in [3.63, 3.8) is 0 Å². The smallest absolute Gasteiger partial charge is 0.198 e. The van der Waals surface area contributed by atoms with Crippen LogP contribution in [0.2, 0.25) is 0 Å². The van der Waals surface area contributed by atoms with Crippen molar-refractivity contribution >= 4 is 27.7 Å². The second-order valence-electron chi connectivity index (χ2n) is 4.42. The van der Waals surface area contributed by atoms with Gasteiger partial charge in [0.2, 0.25) is 0 Å². The number of unbranched alkanes of at least 4 members (excludes halogenated alkanes) is 8. The molecule has 4 heteroatoms. The largest absolute Gasteiger partial charge is 0.285 e. The average Bonchev–Trinajstić information content (AvgIpc) is 2.26. The Morgan fingerprint density at radius 2 is 1.35 bits per heavy atom. The van der Waals surface area contributed by atoms with Crippen LogP contribution in [0.1, 0.15) is 71.1 Å². The molecule has 0 nitrogen and oxygen atoms in total. The van der Waals surface area contributed by atoms with Crippen molar-refractivity contribution in [1.29, 1.82) is 0 Å². The second kappa shape index (κ2) is 13.1. The lowest BCUT2D eigenvalue weighted by atomic mass is 10.1. The first kappa shape index (κ1) is 17.7. The van der Waals surface area contributed by atoms with E-state index in [4.69, 9.17) is 0 Å². The second-order valence-corrected chi connectivity index (χ2v) is 7.33. The third kappa shape index (κ3) is 14.6. The van der Waals surface area contributed by atoms with E-state index in [9.17, 15) is 8.78 Å². The van der Waals surface area contributed by atoms with Crippen molar-refractivity contribution in [2.24, 2.45) is 0 Å². The summed E-state index contributed by atoms with van der Waals surface area (Å²) < 4.78 is 23.9. The Hall–Kier alpha value is 0.690. The Balaban J connectivity index is 3.07. The molecule has 0 aliphatic heterocycles. The third-order valence-corrected chi connectivity index (χ3v) is 4.63. The summed E-state index contributed by atoms with van der Waals surface area (Å²) in [5.74, 6) is -2.25. The van der Waals surface area contributed by atoms with Gasteiger partial charge in [-0.3, -0.25) is 0 Å². The molecule has 0 aromatic carbocycles. The van der Waals surface area contributed by atoms with Gasteiger partial charge in [0.05, 0.1) is 4.16 Å². The van der Waals surface area contributed by atoms with Crippen molar-refractivity contribution in [3.8, 4) is 0 Å². The molecule has 1 atom stereocenters. The number of hydrogen-bond acceptors (Lipinski definition) is 1. The lowest BCUT2D eigenvalue weighted by Crippen LogP contribution is -1.95. The van der Waals surface area contributed by atoms with E-state index in [1.807, 2.05) is 0 Å². The molecular formula is C13H25BrF2S. The number of rotatable bonds is 12. The molecule has 0 spiro atoms. The van der Waals surface area contributed by atoms with Crippen LogP contribution in [0.25, 0.3) is 0 Å². The first-order valence-corrected chi connectivity index (χ1v) is 8.60. The van der Waals surface area contributed by atoms with Gasteiger partial charge in [-0.25, -0.2) is 0 Å². The summed E-state index contributed by atoms with van der Waals surface area (Å²) in [6, 6.07) is 0. The molecule has 0 aromatic heterocycles. The van der Waals surface area contributed by atoms with Gasteiger partial charge in [0.15, 0.2) is 0 Å². The van der Waals surface area contributed by atoms with Gasteiger partial charge < -0.3 is 0 Å². The summed E-state index contributed by atoms with van der Waals surface area (Å²) in [5.41, 5.74) is 0. The molecule has 0 heterocycles. The van der Waals surface area contributed by atoms with Gasteiger partial charge in [-0.1, -0.05) is 92.4 Å². The van der Waals surface area contributed by atoms with Crippen molar-refractivity contribution in [1.82, 2.24) is 0 Å². The first-order valence-electron chi connectivity index (χ1n) is 6.74. The van der Waals surface area contributed by atoms with Crippen molar-refractivity contribution in [3.05, 3.63) is 0 Å². The van der Waals surface area contributed by atoms with Crippen molar-refractivity contribution in [2.45, 2.75) is 81.0 Å². The maximum atomic E-state index is 12.0. The zero-order valence-corrected chi connectivity index (χ0v) is 13.2. The van der Waals surface area contributed by atoms with E-state index in [0.29, 0.717) is 11.8 Å². The van der Waals surface area contributed by atoms with Crippen molar-refractivity contribution < 1.29 is 8.78 Å². The molecule has 0 rings (SSSR count). The van der Waals surface area contributed by atoms with Gasteiger partial charge >= 0.3 is 0 Å². The lowest BCUT2D eigenvalue weighted by molar-refractivity contribution is 0.252. The molecule has 0 aliphatic rings. The molecule has 0 bridgehead atoms. The maximum Gasteiger partial charge on any atom is 0.285 e. The fourth-order valence-corrected chi connectivity index (χ4v) is 3.13. The fraction of sp³-hybridized carbons (Fsp3) is 1.00. The van der Waals surface area contributed by atoms with Crippen LogP contribution in [0, 0.1) is 0 Å². The first-order chi connectivity index (χ1) is 8.16. The van der Waals surface area contributed by atoms with Crippen LogP contribution in [-0.2, 0) is 0 Å². The third-order valence-electron chi connectivity index (χ3n) is 2.79.